The zero-order chi connectivity index (χ0) is 15.6. The molecule has 0 bridgehead atoms. The van der Waals surface area contributed by atoms with E-state index in [1.165, 1.54) is 83.7 Å². The molecule has 0 saturated carbocycles. The number of unbranched alkanes of at least 4 members (excludes halogenated alkanes) is 11. The fourth-order valence-electron chi connectivity index (χ4n) is 2.37. The Morgan fingerprint density at radius 1 is 0.571 bits per heavy atom. The van der Waals surface area contributed by atoms with Gasteiger partial charge in [-0.3, -0.25) is 0 Å². The lowest BCUT2D eigenvalue weighted by molar-refractivity contribution is 0.451. The molecule has 0 atom stereocenters. The first-order valence-electron chi connectivity index (χ1n) is 8.59. The second-order valence-electron chi connectivity index (χ2n) is 5.71. The van der Waals surface area contributed by atoms with E-state index in [0.717, 1.165) is 12.8 Å². The van der Waals surface area contributed by atoms with Gasteiger partial charge in [0.25, 0.3) is 0 Å². The van der Waals surface area contributed by atoms with Gasteiger partial charge in [-0.05, 0) is 25.7 Å². The Bertz CT molecular complexity index is 287. The maximum atomic E-state index is 5.24. The lowest BCUT2D eigenvalue weighted by Crippen LogP contribution is -2.14. The molecule has 0 aromatic heterocycles. The molecule has 0 aliphatic heterocycles. The molecule has 120 valence electrons. The van der Waals surface area contributed by atoms with Gasteiger partial charge in [0, 0.05) is 48.8 Å². The Labute approximate surface area is 147 Å². The average Bonchev–Trinajstić information content (AvgIpc) is 2.49. The molecule has 0 aliphatic carbocycles. The van der Waals surface area contributed by atoms with Crippen LogP contribution in [0.25, 0.3) is 0 Å². The molecule has 0 radical (unpaired) electrons. The molecule has 0 N–H and O–H groups in total. The number of terminal acetylenes is 2. The van der Waals surface area contributed by atoms with Crippen molar-refractivity contribution in [3.63, 3.8) is 0 Å². The predicted molar refractivity (Wildman–Crippen MR) is 103 cm³/mol. The summed E-state index contributed by atoms with van der Waals surface area (Å²) in [5, 5.41) is 0. The lowest BCUT2D eigenvalue weighted by atomic mass is 10.1. The van der Waals surface area contributed by atoms with Crippen LogP contribution in [0.4, 0.5) is 0 Å². The van der Waals surface area contributed by atoms with Crippen molar-refractivity contribution >= 4 is 22.9 Å². The van der Waals surface area contributed by atoms with E-state index in [0.29, 0.717) is 0 Å². The minimum absolute atomic E-state index is 0.946. The van der Waals surface area contributed by atoms with Crippen LogP contribution in [0.15, 0.2) is 0 Å². The smallest absolute Gasteiger partial charge is 0.0201 e. The molecule has 2 heteroatoms. The fraction of sp³-hybridized carbons (Fsp3) is 0.789. The molecule has 0 aliphatic rings. The van der Waals surface area contributed by atoms with Gasteiger partial charge in [0.15, 0.2) is 0 Å². The number of hydrogen-bond acceptors (Lipinski definition) is 1. The van der Waals surface area contributed by atoms with E-state index in [1.807, 2.05) is 0 Å². The van der Waals surface area contributed by atoms with Gasteiger partial charge in [-0.1, -0.05) is 44.9 Å². The maximum Gasteiger partial charge on any atom is 0.0201 e. The standard InChI is InChI=1S/C19H32IN/c1-3-5-7-9-11-13-15-17-19-21(20)18-16-14-12-10-8-6-4-2/h1-2H,5-19H2. The highest BCUT2D eigenvalue weighted by Crippen LogP contribution is 2.11. The maximum absolute atomic E-state index is 5.24. The van der Waals surface area contributed by atoms with Crippen molar-refractivity contribution in [2.24, 2.45) is 0 Å². The highest BCUT2D eigenvalue weighted by molar-refractivity contribution is 14.1. The Balaban J connectivity index is 3.15. The van der Waals surface area contributed by atoms with Gasteiger partial charge < -0.3 is 0 Å². The zero-order valence-corrected chi connectivity index (χ0v) is 15.7. The summed E-state index contributed by atoms with van der Waals surface area (Å²) in [5.41, 5.74) is 0. The van der Waals surface area contributed by atoms with Crippen LogP contribution in [0, 0.1) is 24.7 Å². The first-order valence-corrected chi connectivity index (χ1v) is 9.55. The molecule has 21 heavy (non-hydrogen) atoms. The van der Waals surface area contributed by atoms with Crippen molar-refractivity contribution in [2.75, 3.05) is 13.1 Å². The summed E-state index contributed by atoms with van der Waals surface area (Å²) in [5.74, 6) is 5.41. The first kappa shape index (κ1) is 20.8. The highest BCUT2D eigenvalue weighted by Gasteiger charge is 2.00. The van der Waals surface area contributed by atoms with Crippen molar-refractivity contribution < 1.29 is 0 Å². The molecular formula is C19H32IN. The largest absolute Gasteiger partial charge is 0.248 e. The molecule has 0 aromatic carbocycles. The predicted octanol–water partition coefficient (Wildman–Crippen LogP) is 5.98. The SMILES string of the molecule is C#CCCCCCCCCN(I)CCCCCCCC#C. The van der Waals surface area contributed by atoms with E-state index in [4.69, 9.17) is 12.8 Å². The molecule has 0 unspecified atom stereocenters. The van der Waals surface area contributed by atoms with Crippen molar-refractivity contribution in [3.05, 3.63) is 0 Å². The third-order valence-electron chi connectivity index (χ3n) is 3.69. The van der Waals surface area contributed by atoms with Gasteiger partial charge in [-0.15, -0.1) is 24.7 Å². The topological polar surface area (TPSA) is 3.24 Å². The minimum atomic E-state index is 0.946. The lowest BCUT2D eigenvalue weighted by Gasteiger charge is -2.13. The zero-order valence-electron chi connectivity index (χ0n) is 13.6. The van der Waals surface area contributed by atoms with Gasteiger partial charge in [0.2, 0.25) is 0 Å². The van der Waals surface area contributed by atoms with E-state index in [2.05, 4.69) is 37.8 Å². The summed E-state index contributed by atoms with van der Waals surface area (Å²) in [6.45, 7) is 2.47. The average molecular weight is 401 g/mol. The van der Waals surface area contributed by atoms with Crippen LogP contribution in [0.2, 0.25) is 0 Å². The van der Waals surface area contributed by atoms with Gasteiger partial charge >= 0.3 is 0 Å². The Kier molecular flexibility index (Phi) is 17.7. The van der Waals surface area contributed by atoms with E-state index in [1.54, 1.807) is 0 Å². The van der Waals surface area contributed by atoms with E-state index in [-0.39, 0.29) is 0 Å². The van der Waals surface area contributed by atoms with E-state index >= 15 is 0 Å². The fourth-order valence-corrected chi connectivity index (χ4v) is 3.05. The van der Waals surface area contributed by atoms with Crippen molar-refractivity contribution in [1.29, 1.82) is 0 Å². The molecule has 0 heterocycles. The summed E-state index contributed by atoms with van der Waals surface area (Å²) in [4.78, 5) is 0. The van der Waals surface area contributed by atoms with Crippen LogP contribution < -0.4 is 0 Å². The summed E-state index contributed by atoms with van der Waals surface area (Å²) >= 11 is 2.48. The van der Waals surface area contributed by atoms with E-state index in [9.17, 15) is 0 Å². The molecular weight excluding hydrogens is 369 g/mol. The molecule has 0 fully saturated rings. The van der Waals surface area contributed by atoms with Crippen molar-refractivity contribution in [1.82, 2.24) is 3.11 Å². The minimum Gasteiger partial charge on any atom is -0.248 e. The molecule has 0 rings (SSSR count). The van der Waals surface area contributed by atoms with Crippen molar-refractivity contribution in [3.8, 4) is 24.7 Å². The number of hydrogen-bond donors (Lipinski definition) is 0. The van der Waals surface area contributed by atoms with Crippen LogP contribution in [0.3, 0.4) is 0 Å². The molecule has 0 aromatic rings. The number of nitrogens with zero attached hydrogens (tertiary/aromatic N) is 1. The normalized spacial score (nSPS) is 10.5. The first-order chi connectivity index (χ1) is 10.3. The third-order valence-corrected chi connectivity index (χ3v) is 4.66. The van der Waals surface area contributed by atoms with Crippen LogP contribution in [0.5, 0.6) is 0 Å². The quantitative estimate of drug-likeness (QED) is 0.141. The Morgan fingerprint density at radius 3 is 1.29 bits per heavy atom. The van der Waals surface area contributed by atoms with Gasteiger partial charge in [-0.25, -0.2) is 3.11 Å². The Hall–Kier alpha value is -0.190. The summed E-state index contributed by atoms with van der Waals surface area (Å²) in [6, 6.07) is 0. The van der Waals surface area contributed by atoms with Gasteiger partial charge in [0.1, 0.15) is 0 Å². The Morgan fingerprint density at radius 2 is 0.905 bits per heavy atom. The van der Waals surface area contributed by atoms with Crippen LogP contribution >= 0.6 is 22.9 Å². The van der Waals surface area contributed by atoms with Crippen LogP contribution in [-0.4, -0.2) is 16.2 Å². The molecule has 0 amide bonds. The summed E-state index contributed by atoms with van der Waals surface area (Å²) < 4.78 is 2.46. The second kappa shape index (κ2) is 17.9. The van der Waals surface area contributed by atoms with Crippen LogP contribution in [0.1, 0.15) is 83.5 Å². The van der Waals surface area contributed by atoms with Crippen molar-refractivity contribution in [2.45, 2.75) is 83.5 Å². The second-order valence-corrected chi connectivity index (χ2v) is 7.07. The van der Waals surface area contributed by atoms with E-state index < -0.39 is 0 Å². The molecule has 1 nitrogen and oxygen atoms in total. The summed E-state index contributed by atoms with van der Waals surface area (Å²) in [6.07, 6.45) is 26.8. The van der Waals surface area contributed by atoms with Crippen LogP contribution in [-0.2, 0) is 0 Å². The number of rotatable bonds is 15. The van der Waals surface area contributed by atoms with Gasteiger partial charge in [0.05, 0.1) is 0 Å². The summed E-state index contributed by atoms with van der Waals surface area (Å²) in [7, 11) is 0. The number of halogens is 1. The highest BCUT2D eigenvalue weighted by atomic mass is 127. The molecule has 0 saturated heterocycles. The monoisotopic (exact) mass is 401 g/mol. The van der Waals surface area contributed by atoms with Gasteiger partial charge in [-0.2, -0.15) is 0 Å². The third kappa shape index (κ3) is 17.8. The molecule has 0 spiro atoms.